The maximum Gasteiger partial charge on any atom is 0.162 e. The third-order valence-electron chi connectivity index (χ3n) is 3.43. The SMILES string of the molecule is CCCC(=O)c1ccc(C(C)(C)C)c(C(C)(C)C)c1. The summed E-state index contributed by atoms with van der Waals surface area (Å²) in [5.74, 6) is 0.258. The van der Waals surface area contributed by atoms with E-state index in [1.165, 1.54) is 11.1 Å². The zero-order chi connectivity index (χ0) is 14.8. The quantitative estimate of drug-likeness (QED) is 0.677. The molecule has 1 nitrogen and oxygen atoms in total. The second kappa shape index (κ2) is 5.48. The van der Waals surface area contributed by atoms with E-state index in [1.54, 1.807) is 0 Å². The molecule has 0 heterocycles. The van der Waals surface area contributed by atoms with E-state index in [4.69, 9.17) is 0 Å². The van der Waals surface area contributed by atoms with Crippen LogP contribution < -0.4 is 0 Å². The summed E-state index contributed by atoms with van der Waals surface area (Å²) >= 11 is 0. The van der Waals surface area contributed by atoms with Crippen LogP contribution in [0.1, 0.15) is 82.8 Å². The third-order valence-corrected chi connectivity index (χ3v) is 3.43. The summed E-state index contributed by atoms with van der Waals surface area (Å²) in [6.07, 6.45) is 1.54. The lowest BCUT2D eigenvalue weighted by Gasteiger charge is -2.30. The Morgan fingerprint density at radius 3 is 1.89 bits per heavy atom. The van der Waals surface area contributed by atoms with Crippen molar-refractivity contribution in [2.24, 2.45) is 0 Å². The number of rotatable bonds is 3. The van der Waals surface area contributed by atoms with Crippen LogP contribution in [0.3, 0.4) is 0 Å². The molecule has 0 amide bonds. The number of hydrogen-bond acceptors (Lipinski definition) is 1. The lowest BCUT2D eigenvalue weighted by Crippen LogP contribution is -2.22. The predicted octanol–water partition coefficient (Wildman–Crippen LogP) is 5.26. The Bertz CT molecular complexity index is 456. The third kappa shape index (κ3) is 3.92. The van der Waals surface area contributed by atoms with Crippen molar-refractivity contribution in [2.45, 2.75) is 72.1 Å². The fourth-order valence-electron chi connectivity index (χ4n) is 2.36. The van der Waals surface area contributed by atoms with Crippen LogP contribution in [0.5, 0.6) is 0 Å². The maximum atomic E-state index is 12.1. The number of benzene rings is 1. The normalized spacial score (nSPS) is 12.6. The molecule has 0 bridgehead atoms. The molecule has 0 spiro atoms. The minimum absolute atomic E-state index is 0.0606. The number of carbonyl (C=O) groups excluding carboxylic acids is 1. The van der Waals surface area contributed by atoms with Crippen LogP contribution in [0, 0.1) is 0 Å². The van der Waals surface area contributed by atoms with E-state index in [9.17, 15) is 4.79 Å². The topological polar surface area (TPSA) is 17.1 Å². The van der Waals surface area contributed by atoms with E-state index in [-0.39, 0.29) is 16.6 Å². The average Bonchev–Trinajstić information content (AvgIpc) is 2.26. The zero-order valence-corrected chi connectivity index (χ0v) is 13.6. The summed E-state index contributed by atoms with van der Waals surface area (Å²) in [6, 6.07) is 6.25. The molecule has 0 aliphatic heterocycles. The molecule has 0 aliphatic carbocycles. The predicted molar refractivity (Wildman–Crippen MR) is 83.1 cm³/mol. The van der Waals surface area contributed by atoms with Crippen LogP contribution in [-0.2, 0) is 10.8 Å². The van der Waals surface area contributed by atoms with Gasteiger partial charge in [0.05, 0.1) is 0 Å². The Hall–Kier alpha value is -1.11. The number of Topliss-reactive ketones (excluding diaryl/α,β-unsaturated/α-hetero) is 1. The highest BCUT2D eigenvalue weighted by Gasteiger charge is 2.25. The highest BCUT2D eigenvalue weighted by Crippen LogP contribution is 2.34. The van der Waals surface area contributed by atoms with Gasteiger partial charge in [-0.3, -0.25) is 4.79 Å². The molecule has 0 unspecified atom stereocenters. The van der Waals surface area contributed by atoms with Crippen molar-refractivity contribution in [3.05, 3.63) is 34.9 Å². The summed E-state index contributed by atoms with van der Waals surface area (Å²) < 4.78 is 0. The molecule has 0 saturated heterocycles. The average molecular weight is 260 g/mol. The van der Waals surface area contributed by atoms with Crippen molar-refractivity contribution < 1.29 is 4.79 Å². The first-order valence-electron chi connectivity index (χ1n) is 7.25. The van der Waals surface area contributed by atoms with Crippen LogP contribution in [0.2, 0.25) is 0 Å². The van der Waals surface area contributed by atoms with E-state index >= 15 is 0 Å². The maximum absolute atomic E-state index is 12.1. The molecular weight excluding hydrogens is 232 g/mol. The van der Waals surface area contributed by atoms with Gasteiger partial charge in [-0.25, -0.2) is 0 Å². The first kappa shape index (κ1) is 15.9. The molecule has 19 heavy (non-hydrogen) atoms. The van der Waals surface area contributed by atoms with Crippen LogP contribution in [0.15, 0.2) is 18.2 Å². The van der Waals surface area contributed by atoms with Crippen molar-refractivity contribution in [1.29, 1.82) is 0 Å². The van der Waals surface area contributed by atoms with Gasteiger partial charge in [-0.2, -0.15) is 0 Å². The molecule has 106 valence electrons. The molecule has 0 fully saturated rings. The van der Waals surface area contributed by atoms with Gasteiger partial charge in [-0.15, -0.1) is 0 Å². The Morgan fingerprint density at radius 1 is 0.947 bits per heavy atom. The summed E-state index contributed by atoms with van der Waals surface area (Å²) in [5, 5.41) is 0. The second-order valence-electron chi connectivity index (χ2n) is 7.43. The van der Waals surface area contributed by atoms with Gasteiger partial charge >= 0.3 is 0 Å². The molecule has 0 atom stereocenters. The lowest BCUT2D eigenvalue weighted by atomic mass is 9.74. The van der Waals surface area contributed by atoms with E-state index in [0.717, 1.165) is 12.0 Å². The molecule has 1 heteroatoms. The molecule has 1 aromatic carbocycles. The fourth-order valence-corrected chi connectivity index (χ4v) is 2.36. The van der Waals surface area contributed by atoms with Gasteiger partial charge in [-0.1, -0.05) is 60.6 Å². The van der Waals surface area contributed by atoms with Crippen LogP contribution in [0.25, 0.3) is 0 Å². The van der Waals surface area contributed by atoms with Crippen molar-refractivity contribution in [3.8, 4) is 0 Å². The van der Waals surface area contributed by atoms with Crippen molar-refractivity contribution in [1.82, 2.24) is 0 Å². The largest absolute Gasteiger partial charge is 0.294 e. The molecule has 0 aliphatic rings. The monoisotopic (exact) mass is 260 g/mol. The van der Waals surface area contributed by atoms with Crippen molar-refractivity contribution >= 4 is 5.78 Å². The Morgan fingerprint density at radius 2 is 1.47 bits per heavy atom. The Balaban J connectivity index is 3.36. The first-order chi connectivity index (χ1) is 8.57. The number of hydrogen-bond donors (Lipinski definition) is 0. The molecule has 0 aromatic heterocycles. The first-order valence-corrected chi connectivity index (χ1v) is 7.25. The van der Waals surface area contributed by atoms with Crippen LogP contribution >= 0.6 is 0 Å². The molecular formula is C18H28O. The highest BCUT2D eigenvalue weighted by molar-refractivity contribution is 5.96. The van der Waals surface area contributed by atoms with E-state index < -0.39 is 0 Å². The molecule has 1 rings (SSSR count). The van der Waals surface area contributed by atoms with Gasteiger partial charge < -0.3 is 0 Å². The molecule has 0 radical (unpaired) electrons. The number of ketones is 1. The molecule has 0 N–H and O–H groups in total. The van der Waals surface area contributed by atoms with Gasteiger partial charge in [-0.05, 0) is 34.4 Å². The smallest absolute Gasteiger partial charge is 0.162 e. The zero-order valence-electron chi connectivity index (χ0n) is 13.6. The lowest BCUT2D eigenvalue weighted by molar-refractivity contribution is 0.0981. The standard InChI is InChI=1S/C18H28O/c1-8-9-16(19)13-10-11-14(17(2,3)4)15(12-13)18(5,6)7/h10-12H,8-9H2,1-7H3. The van der Waals surface area contributed by atoms with Crippen LogP contribution in [0.4, 0.5) is 0 Å². The van der Waals surface area contributed by atoms with Gasteiger partial charge in [0.2, 0.25) is 0 Å². The Labute approximate surface area is 118 Å². The highest BCUT2D eigenvalue weighted by atomic mass is 16.1. The van der Waals surface area contributed by atoms with Crippen molar-refractivity contribution in [2.75, 3.05) is 0 Å². The summed E-state index contributed by atoms with van der Waals surface area (Å²) in [5.41, 5.74) is 3.66. The summed E-state index contributed by atoms with van der Waals surface area (Å²) in [6.45, 7) is 15.4. The fraction of sp³-hybridized carbons (Fsp3) is 0.611. The van der Waals surface area contributed by atoms with Gasteiger partial charge in [0.25, 0.3) is 0 Å². The Kier molecular flexibility index (Phi) is 4.60. The second-order valence-corrected chi connectivity index (χ2v) is 7.43. The summed E-state index contributed by atoms with van der Waals surface area (Å²) in [7, 11) is 0. The van der Waals surface area contributed by atoms with E-state index in [0.29, 0.717) is 6.42 Å². The van der Waals surface area contributed by atoms with E-state index in [1.807, 2.05) is 13.0 Å². The minimum Gasteiger partial charge on any atom is -0.294 e. The van der Waals surface area contributed by atoms with Crippen molar-refractivity contribution in [3.63, 3.8) is 0 Å². The van der Waals surface area contributed by atoms with Gasteiger partial charge in [0.15, 0.2) is 5.78 Å². The van der Waals surface area contributed by atoms with Gasteiger partial charge in [0.1, 0.15) is 0 Å². The van der Waals surface area contributed by atoms with Crippen LogP contribution in [-0.4, -0.2) is 5.78 Å². The molecule has 0 saturated carbocycles. The van der Waals surface area contributed by atoms with Gasteiger partial charge in [0, 0.05) is 12.0 Å². The molecule has 1 aromatic rings. The number of carbonyl (C=O) groups is 1. The van der Waals surface area contributed by atoms with E-state index in [2.05, 4.69) is 53.7 Å². The summed E-state index contributed by atoms with van der Waals surface area (Å²) in [4.78, 5) is 12.1. The minimum atomic E-state index is 0.0606.